The largest absolute Gasteiger partial charge is 0.353 e. The van der Waals surface area contributed by atoms with Gasteiger partial charge in [-0.1, -0.05) is 51.0 Å². The lowest BCUT2D eigenvalue weighted by atomic mass is 9.64. The van der Waals surface area contributed by atoms with Crippen LogP contribution in [0.15, 0.2) is 30.3 Å². The first-order valence-electron chi connectivity index (χ1n) is 11.0. The van der Waals surface area contributed by atoms with Crippen LogP contribution in [-0.4, -0.2) is 88.0 Å². The highest BCUT2D eigenvalue weighted by Gasteiger charge is 2.25. The lowest BCUT2D eigenvalue weighted by Gasteiger charge is -2.16. The summed E-state index contributed by atoms with van der Waals surface area (Å²) in [5, 5.41) is 2.15. The second kappa shape index (κ2) is 7.81. The molecule has 0 saturated heterocycles. The molecule has 4 aromatic carbocycles. The number of rotatable bonds is 1. The van der Waals surface area contributed by atoms with Crippen LogP contribution in [0, 0.1) is 0 Å². The lowest BCUT2D eigenvalue weighted by molar-refractivity contribution is 1.19. The van der Waals surface area contributed by atoms with Gasteiger partial charge in [0.1, 0.15) is 78.5 Å². The van der Waals surface area contributed by atoms with E-state index in [1.165, 1.54) is 0 Å². The van der Waals surface area contributed by atoms with E-state index in [2.05, 4.69) is 4.98 Å². The van der Waals surface area contributed by atoms with E-state index in [-0.39, 0.29) is 54.6 Å². The fourth-order valence-electron chi connectivity index (χ4n) is 5.22. The molecule has 36 heavy (non-hydrogen) atoms. The van der Waals surface area contributed by atoms with Gasteiger partial charge in [-0.3, -0.25) is 0 Å². The Hall–Kier alpha value is -2.87. The van der Waals surface area contributed by atoms with E-state index in [0.29, 0.717) is 43.6 Å². The van der Waals surface area contributed by atoms with Crippen molar-refractivity contribution in [3.8, 4) is 5.69 Å². The van der Waals surface area contributed by atoms with E-state index in [1.807, 2.05) is 34.9 Å². The van der Waals surface area contributed by atoms with Gasteiger partial charge < -0.3 is 9.55 Å². The maximum absolute atomic E-state index is 6.71. The third-order valence-electron chi connectivity index (χ3n) is 7.06. The predicted octanol–water partition coefficient (Wildman–Crippen LogP) is -5.64. The zero-order valence-electron chi connectivity index (χ0n) is 19.1. The van der Waals surface area contributed by atoms with Crippen molar-refractivity contribution in [1.82, 2.24) is 9.55 Å². The third-order valence-corrected chi connectivity index (χ3v) is 7.06. The van der Waals surface area contributed by atoms with Gasteiger partial charge in [0, 0.05) is 27.5 Å². The van der Waals surface area contributed by atoms with E-state index in [1.54, 1.807) is 0 Å². The summed E-state index contributed by atoms with van der Waals surface area (Å²) in [7, 11) is 64.0. The zero-order chi connectivity index (χ0) is 25.8. The Morgan fingerprint density at radius 1 is 0.417 bits per heavy atom. The van der Waals surface area contributed by atoms with Crippen molar-refractivity contribution in [2.24, 2.45) is 0 Å². The number of hydrogen-bond donors (Lipinski definition) is 1. The Balaban J connectivity index is 2.05. The van der Waals surface area contributed by atoms with Crippen molar-refractivity contribution in [3.05, 3.63) is 30.3 Å². The van der Waals surface area contributed by atoms with E-state index in [9.17, 15) is 0 Å². The number of para-hydroxylation sites is 1. The minimum Gasteiger partial charge on any atom is -0.353 e. The van der Waals surface area contributed by atoms with Crippen molar-refractivity contribution in [3.63, 3.8) is 0 Å². The molecule has 0 bridgehead atoms. The normalized spacial score (nSPS) is 11.9. The molecular formula is C24H6B10N2. The Labute approximate surface area is 221 Å². The van der Waals surface area contributed by atoms with E-state index >= 15 is 0 Å². The average Bonchev–Trinajstić information content (AvgIpc) is 3.45. The van der Waals surface area contributed by atoms with Gasteiger partial charge in [-0.05, 0) is 22.9 Å². The lowest BCUT2D eigenvalue weighted by Crippen LogP contribution is -2.48. The molecule has 2 heterocycles. The second-order valence-corrected chi connectivity index (χ2v) is 8.88. The Kier molecular flexibility index (Phi) is 5.10. The fraction of sp³-hybridized carbons (Fsp3) is 0. The summed E-state index contributed by atoms with van der Waals surface area (Å²) in [5.74, 6) is 0. The van der Waals surface area contributed by atoms with Gasteiger partial charge in [0.15, 0.2) is 0 Å². The zero-order valence-corrected chi connectivity index (χ0v) is 19.1. The molecule has 6 aromatic rings. The Morgan fingerprint density at radius 3 is 1.50 bits per heavy atom. The van der Waals surface area contributed by atoms with Crippen molar-refractivity contribution >= 4 is 177 Å². The molecule has 0 aliphatic heterocycles. The first-order valence-corrected chi connectivity index (χ1v) is 11.0. The van der Waals surface area contributed by atoms with Crippen LogP contribution in [-0.2, 0) is 0 Å². The van der Waals surface area contributed by atoms with Gasteiger partial charge in [0.2, 0.25) is 0 Å². The van der Waals surface area contributed by atoms with E-state index < -0.39 is 0 Å². The number of H-pyrrole nitrogens is 1. The highest BCUT2D eigenvalue weighted by molar-refractivity contribution is 6.71. The fourth-order valence-corrected chi connectivity index (χ4v) is 5.22. The van der Waals surface area contributed by atoms with Crippen LogP contribution in [0.25, 0.3) is 49.3 Å². The van der Waals surface area contributed by atoms with E-state index in [0.717, 1.165) is 5.69 Å². The number of hydrogen-bond acceptors (Lipinski definition) is 0. The molecular weight excluding hydrogens is 424 g/mol. The standard InChI is InChI=1S/C24H6B10N2/c25-11-8-7-12(26)15(29)17(31)19(33)21(7)35-22(8)24-10(13(11)27)9-14(28)16(30)18(32)20(34)23(9)36(24)6-4-2-1-3-5-6/h1-5,35H. The van der Waals surface area contributed by atoms with Crippen LogP contribution in [0.2, 0.25) is 0 Å². The molecule has 12 heteroatoms. The average molecular weight is 430 g/mol. The van der Waals surface area contributed by atoms with Gasteiger partial charge in [-0.25, -0.2) is 0 Å². The minimum absolute atomic E-state index is 0.163. The first kappa shape index (κ1) is 23.5. The van der Waals surface area contributed by atoms with Gasteiger partial charge in [-0.15, -0.1) is 21.9 Å². The van der Waals surface area contributed by atoms with Crippen molar-refractivity contribution in [2.75, 3.05) is 0 Å². The smallest absolute Gasteiger partial charge is 0.115 e. The summed E-state index contributed by atoms with van der Waals surface area (Å²) in [6.07, 6.45) is 0. The van der Waals surface area contributed by atoms with Crippen molar-refractivity contribution < 1.29 is 0 Å². The number of benzene rings is 4. The molecule has 20 radical (unpaired) electrons. The monoisotopic (exact) mass is 432 g/mol. The van der Waals surface area contributed by atoms with Crippen LogP contribution in [0.3, 0.4) is 0 Å². The van der Waals surface area contributed by atoms with Crippen LogP contribution < -0.4 is 54.6 Å². The molecule has 0 saturated carbocycles. The summed E-state index contributed by atoms with van der Waals surface area (Å²) in [4.78, 5) is 3.36. The molecule has 1 N–H and O–H groups in total. The molecule has 2 nitrogen and oxygen atoms in total. The molecule has 0 spiro atoms. The Morgan fingerprint density at radius 2 is 0.861 bits per heavy atom. The molecule has 0 fully saturated rings. The molecule has 0 amide bonds. The molecule has 0 unspecified atom stereocenters. The molecule has 0 aliphatic carbocycles. The van der Waals surface area contributed by atoms with Gasteiger partial charge >= 0.3 is 0 Å². The first-order chi connectivity index (χ1) is 17.1. The van der Waals surface area contributed by atoms with Gasteiger partial charge in [0.05, 0.1) is 11.0 Å². The summed E-state index contributed by atoms with van der Waals surface area (Å²) >= 11 is 0. The second-order valence-electron chi connectivity index (χ2n) is 8.88. The van der Waals surface area contributed by atoms with Gasteiger partial charge in [-0.2, -0.15) is 0 Å². The molecule has 2 aromatic heterocycles. The highest BCUT2D eigenvalue weighted by Crippen LogP contribution is 2.34. The Bertz CT molecular complexity index is 1940. The topological polar surface area (TPSA) is 20.7 Å². The number of nitrogens with one attached hydrogen (secondary N) is 1. The van der Waals surface area contributed by atoms with Crippen molar-refractivity contribution in [1.29, 1.82) is 0 Å². The SMILES string of the molecule is [B]c1c([B])c([B])c2c([nH]c3c2c([B])c([B])c2c4c([B])c([B])c([B])c([B])c4n(-c4ccccc4)c32)c1[B]. The van der Waals surface area contributed by atoms with Crippen LogP contribution in [0.4, 0.5) is 0 Å². The third kappa shape index (κ3) is 2.76. The maximum Gasteiger partial charge on any atom is 0.115 e. The van der Waals surface area contributed by atoms with E-state index in [4.69, 9.17) is 78.5 Å². The van der Waals surface area contributed by atoms with Gasteiger partial charge in [0.25, 0.3) is 0 Å². The molecule has 142 valence electrons. The minimum atomic E-state index is 0.163. The quantitative estimate of drug-likeness (QED) is 0.251. The summed E-state index contributed by atoms with van der Waals surface area (Å²) in [5.41, 5.74) is 5.20. The highest BCUT2D eigenvalue weighted by atomic mass is 15.0. The van der Waals surface area contributed by atoms with Crippen LogP contribution >= 0.6 is 0 Å². The van der Waals surface area contributed by atoms with Crippen molar-refractivity contribution in [2.45, 2.75) is 0 Å². The number of aromatic amines is 1. The summed E-state index contributed by atoms with van der Waals surface area (Å²) < 4.78 is 1.92. The number of nitrogens with zero attached hydrogens (tertiary/aromatic N) is 1. The molecule has 6 rings (SSSR count). The molecule has 0 aliphatic rings. The molecule has 0 atom stereocenters. The maximum atomic E-state index is 6.71. The summed E-state index contributed by atoms with van der Waals surface area (Å²) in [6, 6.07) is 9.53. The predicted molar refractivity (Wildman–Crippen MR) is 164 cm³/mol. The number of aromatic nitrogens is 2. The number of fused-ring (bicyclic) bond motifs is 7. The summed E-state index contributed by atoms with van der Waals surface area (Å²) in [6.45, 7) is 0. The van der Waals surface area contributed by atoms with Crippen LogP contribution in [0.1, 0.15) is 0 Å². The van der Waals surface area contributed by atoms with Crippen LogP contribution in [0.5, 0.6) is 0 Å².